The summed E-state index contributed by atoms with van der Waals surface area (Å²) < 4.78 is 10.9. The first-order valence-electron chi connectivity index (χ1n) is 11.5. The van der Waals surface area contributed by atoms with Crippen molar-refractivity contribution in [3.63, 3.8) is 0 Å². The van der Waals surface area contributed by atoms with Gasteiger partial charge in [-0.3, -0.25) is 4.79 Å². The number of likely N-dealkylation sites (N-methyl/N-ethyl adjacent to an activating group) is 1. The molecule has 0 radical (unpaired) electrons. The van der Waals surface area contributed by atoms with Crippen molar-refractivity contribution in [2.75, 3.05) is 26.7 Å². The Balaban J connectivity index is 2.05. The number of piperidine rings is 1. The predicted octanol–water partition coefficient (Wildman–Crippen LogP) is 3.08. The van der Waals surface area contributed by atoms with Crippen LogP contribution in [0.5, 0.6) is 0 Å². The number of nitrogens with zero attached hydrogens (tertiary/aromatic N) is 2. The number of likely N-dealkylation sites (tertiary alicyclic amines) is 1. The first-order valence-corrected chi connectivity index (χ1v) is 11.5. The van der Waals surface area contributed by atoms with Crippen molar-refractivity contribution in [2.24, 2.45) is 17.8 Å². The second kappa shape index (κ2) is 11.5. The second-order valence-electron chi connectivity index (χ2n) is 10.00. The zero-order chi connectivity index (χ0) is 24.8. The van der Waals surface area contributed by atoms with Gasteiger partial charge in [0.05, 0.1) is 0 Å². The van der Waals surface area contributed by atoms with Crippen LogP contribution < -0.4 is 0 Å². The summed E-state index contributed by atoms with van der Waals surface area (Å²) in [5, 5.41) is 9.95. The Kier molecular flexibility index (Phi) is 9.28. The first-order chi connectivity index (χ1) is 15.4. The molecule has 1 aliphatic heterocycles. The van der Waals surface area contributed by atoms with Crippen LogP contribution in [0.1, 0.15) is 46.6 Å². The number of carbonyl (C=O) groups is 3. The Morgan fingerprint density at radius 3 is 2.36 bits per heavy atom. The number of benzene rings is 1. The Hall–Kier alpha value is -2.61. The van der Waals surface area contributed by atoms with Gasteiger partial charge in [0.15, 0.2) is 0 Å². The highest BCUT2D eigenvalue weighted by Crippen LogP contribution is 2.28. The molecular formula is C25H38N2O6. The molecule has 1 heterocycles. The molecule has 1 aromatic carbocycles. The normalized spacial score (nSPS) is 19.7. The van der Waals surface area contributed by atoms with Crippen LogP contribution in [-0.4, -0.2) is 71.3 Å². The summed E-state index contributed by atoms with van der Waals surface area (Å²) in [4.78, 5) is 41.6. The lowest BCUT2D eigenvalue weighted by Crippen LogP contribution is -2.54. The molecule has 0 aromatic heterocycles. The standard InChI is InChI=1S/C25H38N2O6/c1-17(2)21(23(30)32-16-18-10-8-7-9-11-18)26(6)22(29)20-12-13-27(14-19(20)15-28)24(31)33-25(3,4)5/h7-11,17,19-21,28H,12-16H2,1-6H3/t19-,20-,21-/m0/s1. The van der Waals surface area contributed by atoms with Crippen LogP contribution in [0.25, 0.3) is 0 Å². The van der Waals surface area contributed by atoms with Gasteiger partial charge in [-0.05, 0) is 38.7 Å². The van der Waals surface area contributed by atoms with E-state index in [4.69, 9.17) is 9.47 Å². The van der Waals surface area contributed by atoms with Crippen molar-refractivity contribution in [3.05, 3.63) is 35.9 Å². The van der Waals surface area contributed by atoms with Crippen molar-refractivity contribution >= 4 is 18.0 Å². The van der Waals surface area contributed by atoms with Crippen LogP contribution in [-0.2, 0) is 25.7 Å². The van der Waals surface area contributed by atoms with Gasteiger partial charge in [0, 0.05) is 38.6 Å². The van der Waals surface area contributed by atoms with Crippen molar-refractivity contribution in [2.45, 2.75) is 59.3 Å². The zero-order valence-electron chi connectivity index (χ0n) is 20.6. The number of aliphatic hydroxyl groups is 1. The van der Waals surface area contributed by atoms with Crippen molar-refractivity contribution in [1.29, 1.82) is 0 Å². The molecule has 0 bridgehead atoms. The summed E-state index contributed by atoms with van der Waals surface area (Å²) in [6.07, 6.45) is -0.0675. The lowest BCUT2D eigenvalue weighted by Gasteiger charge is -2.40. The number of hydrogen-bond donors (Lipinski definition) is 1. The molecule has 1 saturated heterocycles. The minimum atomic E-state index is -0.746. The molecule has 2 amide bonds. The van der Waals surface area contributed by atoms with Crippen molar-refractivity contribution < 1.29 is 29.0 Å². The number of hydrogen-bond acceptors (Lipinski definition) is 6. The molecule has 0 saturated carbocycles. The molecule has 0 spiro atoms. The maximum Gasteiger partial charge on any atom is 0.410 e. The number of carbonyl (C=O) groups excluding carboxylic acids is 3. The summed E-state index contributed by atoms with van der Waals surface area (Å²) in [5.74, 6) is -1.78. The van der Waals surface area contributed by atoms with Crippen LogP contribution in [0.3, 0.4) is 0 Å². The monoisotopic (exact) mass is 462 g/mol. The number of aliphatic hydroxyl groups excluding tert-OH is 1. The first kappa shape index (κ1) is 26.6. The molecule has 8 heteroatoms. The number of amides is 2. The average Bonchev–Trinajstić information content (AvgIpc) is 2.76. The SMILES string of the molecule is CC(C)[C@@H](C(=O)OCc1ccccc1)N(C)C(=O)[C@H]1CCN(C(=O)OC(C)(C)C)C[C@H]1CO. The van der Waals surface area contributed by atoms with Gasteiger partial charge >= 0.3 is 12.1 Å². The van der Waals surface area contributed by atoms with Gasteiger partial charge in [0.25, 0.3) is 0 Å². The molecule has 3 atom stereocenters. The van der Waals surface area contributed by atoms with Gasteiger partial charge in [-0.2, -0.15) is 0 Å². The third-order valence-electron chi connectivity index (χ3n) is 5.80. The van der Waals surface area contributed by atoms with Gasteiger partial charge < -0.3 is 24.4 Å². The molecule has 8 nitrogen and oxygen atoms in total. The number of rotatable bonds is 7. The lowest BCUT2D eigenvalue weighted by molar-refractivity contribution is -0.160. The Morgan fingerprint density at radius 2 is 1.82 bits per heavy atom. The molecule has 184 valence electrons. The Morgan fingerprint density at radius 1 is 1.18 bits per heavy atom. The van der Waals surface area contributed by atoms with Gasteiger partial charge in [-0.1, -0.05) is 44.2 Å². The Labute approximate surface area is 196 Å². The maximum atomic E-state index is 13.4. The topological polar surface area (TPSA) is 96.4 Å². The highest BCUT2D eigenvalue weighted by atomic mass is 16.6. The van der Waals surface area contributed by atoms with Crippen molar-refractivity contribution in [3.8, 4) is 0 Å². The molecule has 0 aliphatic carbocycles. The lowest BCUT2D eigenvalue weighted by atomic mass is 9.84. The maximum absolute atomic E-state index is 13.4. The zero-order valence-corrected chi connectivity index (χ0v) is 20.6. The van der Waals surface area contributed by atoms with Crippen LogP contribution in [0.2, 0.25) is 0 Å². The molecule has 33 heavy (non-hydrogen) atoms. The second-order valence-corrected chi connectivity index (χ2v) is 10.00. The number of esters is 1. The fourth-order valence-electron chi connectivity index (χ4n) is 4.12. The highest BCUT2D eigenvalue weighted by Gasteiger charge is 2.41. The predicted molar refractivity (Wildman–Crippen MR) is 124 cm³/mol. The van der Waals surface area contributed by atoms with E-state index in [0.717, 1.165) is 5.56 Å². The minimum Gasteiger partial charge on any atom is -0.459 e. The summed E-state index contributed by atoms with van der Waals surface area (Å²) in [7, 11) is 1.60. The molecular weight excluding hydrogens is 424 g/mol. The average molecular weight is 463 g/mol. The molecule has 2 rings (SSSR count). The fraction of sp³-hybridized carbons (Fsp3) is 0.640. The molecule has 1 N–H and O–H groups in total. The van der Waals surface area contributed by atoms with Gasteiger partial charge in [-0.15, -0.1) is 0 Å². The quantitative estimate of drug-likeness (QED) is 0.626. The van der Waals surface area contributed by atoms with Crippen LogP contribution >= 0.6 is 0 Å². The third kappa shape index (κ3) is 7.45. The number of ether oxygens (including phenoxy) is 2. The summed E-state index contributed by atoms with van der Waals surface area (Å²) in [6, 6.07) is 8.63. The van der Waals surface area contributed by atoms with E-state index in [-0.39, 0.29) is 31.6 Å². The molecule has 1 fully saturated rings. The van der Waals surface area contributed by atoms with E-state index < -0.39 is 35.5 Å². The van der Waals surface area contributed by atoms with E-state index in [1.54, 1.807) is 27.8 Å². The van der Waals surface area contributed by atoms with E-state index in [9.17, 15) is 19.5 Å². The fourth-order valence-corrected chi connectivity index (χ4v) is 4.12. The molecule has 0 unspecified atom stereocenters. The minimum absolute atomic E-state index is 0.137. The van der Waals surface area contributed by atoms with E-state index in [1.807, 2.05) is 44.2 Å². The van der Waals surface area contributed by atoms with E-state index >= 15 is 0 Å². The summed E-state index contributed by atoms with van der Waals surface area (Å²) in [6.45, 7) is 9.58. The van der Waals surface area contributed by atoms with E-state index in [0.29, 0.717) is 13.0 Å². The van der Waals surface area contributed by atoms with Gasteiger partial charge in [0.1, 0.15) is 18.2 Å². The third-order valence-corrected chi connectivity index (χ3v) is 5.80. The van der Waals surface area contributed by atoms with E-state index in [2.05, 4.69) is 0 Å². The van der Waals surface area contributed by atoms with Gasteiger partial charge in [-0.25, -0.2) is 9.59 Å². The van der Waals surface area contributed by atoms with Crippen molar-refractivity contribution in [1.82, 2.24) is 9.80 Å². The summed E-state index contributed by atoms with van der Waals surface area (Å²) in [5.41, 5.74) is 0.251. The van der Waals surface area contributed by atoms with Crippen LogP contribution in [0, 0.1) is 17.8 Å². The molecule has 1 aliphatic rings. The Bertz CT molecular complexity index is 805. The summed E-state index contributed by atoms with van der Waals surface area (Å²) >= 11 is 0. The molecule has 1 aromatic rings. The van der Waals surface area contributed by atoms with E-state index in [1.165, 1.54) is 9.80 Å². The smallest absolute Gasteiger partial charge is 0.410 e. The highest BCUT2D eigenvalue weighted by molar-refractivity contribution is 5.86. The van der Waals surface area contributed by atoms with Crippen LogP contribution in [0.4, 0.5) is 4.79 Å². The van der Waals surface area contributed by atoms with Gasteiger partial charge in [0.2, 0.25) is 5.91 Å². The largest absolute Gasteiger partial charge is 0.459 e. The van der Waals surface area contributed by atoms with Crippen LogP contribution in [0.15, 0.2) is 30.3 Å².